The molecule has 0 unspecified atom stereocenters. The molecule has 0 aromatic heterocycles. The molecule has 1 heterocycles. The molecule has 1 N–H and O–H groups in total. The Morgan fingerprint density at radius 1 is 1.35 bits per heavy atom. The Balaban J connectivity index is 1.98. The van der Waals surface area contributed by atoms with Gasteiger partial charge in [0.2, 0.25) is 0 Å². The number of rotatable bonds is 5. The van der Waals surface area contributed by atoms with Crippen molar-refractivity contribution >= 4 is 5.97 Å². The number of carbonyl (C=O) groups is 1. The second kappa shape index (κ2) is 7.41. The van der Waals surface area contributed by atoms with Gasteiger partial charge in [-0.2, -0.15) is 0 Å². The summed E-state index contributed by atoms with van der Waals surface area (Å²) >= 11 is 0. The number of hydrogen-bond donors (Lipinski definition) is 1. The van der Waals surface area contributed by atoms with Crippen LogP contribution < -0.4 is 5.32 Å². The van der Waals surface area contributed by atoms with Crippen LogP contribution in [0.15, 0.2) is 24.3 Å². The van der Waals surface area contributed by atoms with Crippen molar-refractivity contribution in [2.75, 3.05) is 20.3 Å². The highest BCUT2D eigenvalue weighted by molar-refractivity contribution is 5.89. The minimum Gasteiger partial charge on any atom is -0.465 e. The standard InChI is InChI=1S/C16H23NO3/c1-3-10-20-14-8-9-17-15(11-14)12-4-6-13(7-5-12)16(18)19-2/h4-7,14-15,17H,3,8-11H2,1-2H3/t14-,15-/m0/s1. The Morgan fingerprint density at radius 3 is 2.75 bits per heavy atom. The van der Waals surface area contributed by atoms with E-state index in [1.807, 2.05) is 24.3 Å². The van der Waals surface area contributed by atoms with Crippen LogP contribution in [0, 0.1) is 0 Å². The number of carbonyl (C=O) groups excluding carboxylic acids is 1. The number of nitrogens with one attached hydrogen (secondary N) is 1. The van der Waals surface area contributed by atoms with Gasteiger partial charge < -0.3 is 14.8 Å². The third-order valence-corrected chi connectivity index (χ3v) is 3.65. The number of benzene rings is 1. The number of esters is 1. The van der Waals surface area contributed by atoms with E-state index in [9.17, 15) is 4.79 Å². The monoisotopic (exact) mass is 277 g/mol. The van der Waals surface area contributed by atoms with Crippen molar-refractivity contribution in [2.24, 2.45) is 0 Å². The molecule has 2 rings (SSSR count). The summed E-state index contributed by atoms with van der Waals surface area (Å²) in [6.07, 6.45) is 3.44. The largest absolute Gasteiger partial charge is 0.465 e. The van der Waals surface area contributed by atoms with E-state index >= 15 is 0 Å². The van der Waals surface area contributed by atoms with Gasteiger partial charge in [0, 0.05) is 12.6 Å². The van der Waals surface area contributed by atoms with Crippen molar-refractivity contribution in [2.45, 2.75) is 38.3 Å². The maximum atomic E-state index is 11.4. The average Bonchev–Trinajstić information content (AvgIpc) is 2.52. The topological polar surface area (TPSA) is 47.6 Å². The number of methoxy groups -OCH3 is 1. The molecular formula is C16H23NO3. The first-order chi connectivity index (χ1) is 9.74. The predicted octanol–water partition coefficient (Wildman–Crippen LogP) is 2.69. The normalized spacial score (nSPS) is 22.5. The summed E-state index contributed by atoms with van der Waals surface area (Å²) < 4.78 is 10.6. The first-order valence-corrected chi connectivity index (χ1v) is 7.27. The van der Waals surface area contributed by atoms with Gasteiger partial charge in [-0.1, -0.05) is 19.1 Å². The maximum absolute atomic E-state index is 11.4. The lowest BCUT2D eigenvalue weighted by Crippen LogP contribution is -2.35. The van der Waals surface area contributed by atoms with Crippen LogP contribution in [0.25, 0.3) is 0 Å². The van der Waals surface area contributed by atoms with Crippen LogP contribution in [-0.2, 0) is 9.47 Å². The first-order valence-electron chi connectivity index (χ1n) is 7.27. The van der Waals surface area contributed by atoms with Gasteiger partial charge in [-0.15, -0.1) is 0 Å². The minimum atomic E-state index is -0.294. The fourth-order valence-electron chi connectivity index (χ4n) is 2.54. The third-order valence-electron chi connectivity index (χ3n) is 3.65. The molecule has 1 aromatic carbocycles. The molecule has 110 valence electrons. The fraction of sp³-hybridized carbons (Fsp3) is 0.562. The lowest BCUT2D eigenvalue weighted by atomic mass is 9.95. The van der Waals surface area contributed by atoms with Crippen molar-refractivity contribution in [1.82, 2.24) is 5.32 Å². The summed E-state index contributed by atoms with van der Waals surface area (Å²) in [5.41, 5.74) is 1.79. The van der Waals surface area contributed by atoms with Gasteiger partial charge in [-0.25, -0.2) is 4.79 Å². The van der Waals surface area contributed by atoms with E-state index < -0.39 is 0 Å². The zero-order valence-electron chi connectivity index (χ0n) is 12.2. The lowest BCUT2D eigenvalue weighted by Gasteiger charge is -2.30. The van der Waals surface area contributed by atoms with Crippen LogP contribution >= 0.6 is 0 Å². The summed E-state index contributed by atoms with van der Waals surface area (Å²) in [5, 5.41) is 3.51. The van der Waals surface area contributed by atoms with Crippen LogP contribution in [0.3, 0.4) is 0 Å². The zero-order valence-corrected chi connectivity index (χ0v) is 12.2. The number of ether oxygens (including phenoxy) is 2. The van der Waals surface area contributed by atoms with E-state index in [-0.39, 0.29) is 5.97 Å². The van der Waals surface area contributed by atoms with Gasteiger partial charge in [0.05, 0.1) is 18.8 Å². The third kappa shape index (κ3) is 3.81. The Bertz CT molecular complexity index is 430. The lowest BCUT2D eigenvalue weighted by molar-refractivity contribution is 0.0222. The van der Waals surface area contributed by atoms with Crippen LogP contribution in [-0.4, -0.2) is 32.3 Å². The zero-order chi connectivity index (χ0) is 14.4. The second-order valence-corrected chi connectivity index (χ2v) is 5.14. The van der Waals surface area contributed by atoms with E-state index in [4.69, 9.17) is 9.47 Å². The van der Waals surface area contributed by atoms with Crippen LogP contribution in [0.4, 0.5) is 0 Å². The molecule has 0 bridgehead atoms. The van der Waals surface area contributed by atoms with Gasteiger partial charge in [-0.3, -0.25) is 0 Å². The van der Waals surface area contributed by atoms with Gasteiger partial charge in [0.1, 0.15) is 0 Å². The quantitative estimate of drug-likeness (QED) is 0.841. The molecule has 0 aliphatic carbocycles. The summed E-state index contributed by atoms with van der Waals surface area (Å²) in [5.74, 6) is -0.294. The summed E-state index contributed by atoms with van der Waals surface area (Å²) in [4.78, 5) is 11.4. The van der Waals surface area contributed by atoms with Gasteiger partial charge >= 0.3 is 5.97 Å². The van der Waals surface area contributed by atoms with Crippen molar-refractivity contribution in [3.05, 3.63) is 35.4 Å². The van der Waals surface area contributed by atoms with Crippen molar-refractivity contribution < 1.29 is 14.3 Å². The average molecular weight is 277 g/mol. The maximum Gasteiger partial charge on any atom is 0.337 e. The predicted molar refractivity (Wildman–Crippen MR) is 77.8 cm³/mol. The molecule has 0 radical (unpaired) electrons. The Kier molecular flexibility index (Phi) is 5.56. The SMILES string of the molecule is CCCO[C@H]1CCN[C@H](c2ccc(C(=O)OC)cc2)C1. The second-order valence-electron chi connectivity index (χ2n) is 5.14. The molecule has 1 aromatic rings. The van der Waals surface area contributed by atoms with Crippen LogP contribution in [0.2, 0.25) is 0 Å². The number of piperidine rings is 1. The molecule has 2 atom stereocenters. The van der Waals surface area contributed by atoms with E-state index in [1.54, 1.807) is 0 Å². The summed E-state index contributed by atoms with van der Waals surface area (Å²) in [6.45, 7) is 3.93. The number of hydrogen-bond acceptors (Lipinski definition) is 4. The smallest absolute Gasteiger partial charge is 0.337 e. The van der Waals surface area contributed by atoms with Gasteiger partial charge in [0.15, 0.2) is 0 Å². The molecule has 0 amide bonds. The Morgan fingerprint density at radius 2 is 2.10 bits per heavy atom. The minimum absolute atomic E-state index is 0.294. The molecule has 4 heteroatoms. The van der Waals surface area contributed by atoms with Crippen molar-refractivity contribution in [3.63, 3.8) is 0 Å². The van der Waals surface area contributed by atoms with E-state index in [0.717, 1.165) is 32.4 Å². The molecule has 1 fully saturated rings. The molecular weight excluding hydrogens is 254 g/mol. The highest BCUT2D eigenvalue weighted by Gasteiger charge is 2.23. The van der Waals surface area contributed by atoms with Crippen molar-refractivity contribution in [3.8, 4) is 0 Å². The Hall–Kier alpha value is -1.39. The highest BCUT2D eigenvalue weighted by Crippen LogP contribution is 2.25. The molecule has 1 aliphatic heterocycles. The van der Waals surface area contributed by atoms with E-state index in [0.29, 0.717) is 17.7 Å². The highest BCUT2D eigenvalue weighted by atomic mass is 16.5. The molecule has 4 nitrogen and oxygen atoms in total. The van der Waals surface area contributed by atoms with Crippen LogP contribution in [0.5, 0.6) is 0 Å². The summed E-state index contributed by atoms with van der Waals surface area (Å²) in [7, 11) is 1.40. The molecule has 1 aliphatic rings. The van der Waals surface area contributed by atoms with Crippen LogP contribution in [0.1, 0.15) is 48.1 Å². The first kappa shape index (κ1) is 15.0. The van der Waals surface area contributed by atoms with E-state index in [2.05, 4.69) is 12.2 Å². The summed E-state index contributed by atoms with van der Waals surface area (Å²) in [6, 6.07) is 7.93. The van der Waals surface area contributed by atoms with Crippen molar-refractivity contribution in [1.29, 1.82) is 0 Å². The van der Waals surface area contributed by atoms with Gasteiger partial charge in [0.25, 0.3) is 0 Å². The molecule has 1 saturated heterocycles. The molecule has 0 saturated carbocycles. The molecule has 20 heavy (non-hydrogen) atoms. The fourth-order valence-corrected chi connectivity index (χ4v) is 2.54. The van der Waals surface area contributed by atoms with E-state index in [1.165, 1.54) is 12.7 Å². The van der Waals surface area contributed by atoms with Gasteiger partial charge in [-0.05, 0) is 43.5 Å². The molecule has 0 spiro atoms. The Labute approximate surface area is 120 Å².